The molecule has 210 valence electrons. The Kier molecular flexibility index (Phi) is 7.48. The van der Waals surface area contributed by atoms with E-state index in [1.165, 1.54) is 17.7 Å². The second-order valence-corrected chi connectivity index (χ2v) is 10.9. The summed E-state index contributed by atoms with van der Waals surface area (Å²) >= 11 is 0. The topological polar surface area (TPSA) is 96.8 Å². The molecule has 0 amide bonds. The van der Waals surface area contributed by atoms with Crippen LogP contribution >= 0.6 is 0 Å². The Morgan fingerprint density at radius 2 is 1.95 bits per heavy atom. The lowest BCUT2D eigenvalue weighted by molar-refractivity contribution is 0.00970. The minimum absolute atomic E-state index is 0.0403. The summed E-state index contributed by atoms with van der Waals surface area (Å²) in [4.78, 5) is 8.96. The van der Waals surface area contributed by atoms with E-state index in [9.17, 15) is 0 Å². The summed E-state index contributed by atoms with van der Waals surface area (Å²) in [6.45, 7) is 3.16. The van der Waals surface area contributed by atoms with Gasteiger partial charge < -0.3 is 19.9 Å². The molecule has 2 N–H and O–H groups in total. The fraction of sp³-hybridized carbons (Fsp3) is 0.433. The van der Waals surface area contributed by atoms with Crippen molar-refractivity contribution in [1.82, 2.24) is 19.6 Å². The van der Waals surface area contributed by atoms with Crippen LogP contribution in [0.3, 0.4) is 0 Å². The molecule has 1 saturated heterocycles. The second kappa shape index (κ2) is 11.2. The number of ether oxygens (including phenoxy) is 3. The van der Waals surface area contributed by atoms with E-state index in [0.717, 1.165) is 23.9 Å². The van der Waals surface area contributed by atoms with E-state index in [-0.39, 0.29) is 41.2 Å². The van der Waals surface area contributed by atoms with Gasteiger partial charge in [0.2, 0.25) is 0 Å². The van der Waals surface area contributed by atoms with Crippen molar-refractivity contribution >= 4 is 5.52 Å². The van der Waals surface area contributed by atoms with Crippen LogP contribution in [0, 0.1) is 17.6 Å². The smallest absolute Gasteiger partial charge is 0.139 e. The van der Waals surface area contributed by atoms with Crippen LogP contribution in [0.25, 0.3) is 16.8 Å². The van der Waals surface area contributed by atoms with Crippen molar-refractivity contribution in [2.75, 3.05) is 20.3 Å². The molecule has 1 aliphatic heterocycles. The van der Waals surface area contributed by atoms with Gasteiger partial charge in [0, 0.05) is 50.5 Å². The number of methoxy groups -OCH3 is 1. The predicted octanol–water partition coefficient (Wildman–Crippen LogP) is 4.68. The highest BCUT2D eigenvalue weighted by Gasteiger charge is 2.35. The molecular formula is C30H33F2N5O3. The number of benzene rings is 1. The zero-order chi connectivity index (χ0) is 27.8. The lowest BCUT2D eigenvalue weighted by Gasteiger charge is -2.38. The van der Waals surface area contributed by atoms with E-state index in [1.807, 2.05) is 12.3 Å². The van der Waals surface area contributed by atoms with Crippen LogP contribution in [0.15, 0.2) is 48.9 Å². The van der Waals surface area contributed by atoms with Crippen molar-refractivity contribution in [2.45, 2.75) is 56.8 Å². The Hall–Kier alpha value is -3.47. The molecule has 0 bridgehead atoms. The third-order valence-corrected chi connectivity index (χ3v) is 8.11. The Bertz CT molecular complexity index is 1470. The number of hydrogen-bond acceptors (Lipinski definition) is 7. The summed E-state index contributed by atoms with van der Waals surface area (Å²) in [5.74, 6) is -0.108. The first-order valence-electron chi connectivity index (χ1n) is 13.7. The number of nitrogens with zero attached hydrogens (tertiary/aromatic N) is 4. The predicted molar refractivity (Wildman–Crippen MR) is 145 cm³/mol. The number of imidazole rings is 1. The van der Waals surface area contributed by atoms with Crippen molar-refractivity contribution in [2.24, 2.45) is 11.7 Å². The summed E-state index contributed by atoms with van der Waals surface area (Å²) in [7, 11) is 1.72. The SMILES string of the molecule is CO[C@H]1[C@H](N)C[C@H](c2ccncc2Cc2ncc3ccc(-c4c(F)cc(OC5CCOC5)cc4F)nn23)C[C@@H]1C. The molecule has 5 atom stereocenters. The first-order chi connectivity index (χ1) is 19.4. The summed E-state index contributed by atoms with van der Waals surface area (Å²) in [6, 6.07) is 7.75. The number of hydrogen-bond donors (Lipinski definition) is 1. The van der Waals surface area contributed by atoms with Gasteiger partial charge in [-0.3, -0.25) is 4.98 Å². The average molecular weight is 550 g/mol. The van der Waals surface area contributed by atoms with Gasteiger partial charge in [0.15, 0.2) is 0 Å². The summed E-state index contributed by atoms with van der Waals surface area (Å²) < 4.78 is 48.6. The van der Waals surface area contributed by atoms with Gasteiger partial charge in [0.1, 0.15) is 29.3 Å². The Morgan fingerprint density at radius 3 is 2.67 bits per heavy atom. The molecule has 10 heteroatoms. The number of aromatic nitrogens is 4. The molecule has 0 spiro atoms. The largest absolute Gasteiger partial charge is 0.488 e. The molecule has 6 rings (SSSR count). The van der Waals surface area contributed by atoms with Crippen LogP contribution in [-0.2, 0) is 15.9 Å². The van der Waals surface area contributed by atoms with Crippen molar-refractivity contribution < 1.29 is 23.0 Å². The summed E-state index contributed by atoms with van der Waals surface area (Å²) in [6.07, 6.45) is 8.11. The van der Waals surface area contributed by atoms with Gasteiger partial charge in [-0.1, -0.05) is 6.92 Å². The maximum Gasteiger partial charge on any atom is 0.139 e. The fourth-order valence-corrected chi connectivity index (χ4v) is 6.23. The number of fused-ring (bicyclic) bond motifs is 1. The van der Waals surface area contributed by atoms with Crippen molar-refractivity contribution in [3.05, 3.63) is 77.5 Å². The highest BCUT2D eigenvalue weighted by molar-refractivity contribution is 5.64. The molecule has 40 heavy (non-hydrogen) atoms. The highest BCUT2D eigenvalue weighted by Crippen LogP contribution is 2.38. The number of halogens is 2. The zero-order valence-corrected chi connectivity index (χ0v) is 22.6. The number of pyridine rings is 1. The molecular weight excluding hydrogens is 516 g/mol. The lowest BCUT2D eigenvalue weighted by atomic mass is 9.74. The molecule has 2 aliphatic rings. The normalized spacial score (nSPS) is 25.0. The van der Waals surface area contributed by atoms with Crippen LogP contribution in [-0.4, -0.2) is 58.2 Å². The molecule has 1 saturated carbocycles. The molecule has 4 heterocycles. The van der Waals surface area contributed by atoms with E-state index >= 15 is 8.78 Å². The molecule has 1 unspecified atom stereocenters. The third-order valence-electron chi connectivity index (χ3n) is 8.11. The Labute approximate surface area is 231 Å². The van der Waals surface area contributed by atoms with Gasteiger partial charge in [0.05, 0.1) is 42.3 Å². The second-order valence-electron chi connectivity index (χ2n) is 10.9. The summed E-state index contributed by atoms with van der Waals surface area (Å²) in [5.41, 5.74) is 9.36. The van der Waals surface area contributed by atoms with Gasteiger partial charge in [-0.25, -0.2) is 18.3 Å². The van der Waals surface area contributed by atoms with Crippen LogP contribution in [0.2, 0.25) is 0 Å². The van der Waals surface area contributed by atoms with Gasteiger partial charge in [0.25, 0.3) is 0 Å². The molecule has 8 nitrogen and oxygen atoms in total. The Morgan fingerprint density at radius 1 is 1.12 bits per heavy atom. The van der Waals surface area contributed by atoms with Crippen LogP contribution in [0.1, 0.15) is 49.1 Å². The van der Waals surface area contributed by atoms with Crippen LogP contribution < -0.4 is 10.5 Å². The summed E-state index contributed by atoms with van der Waals surface area (Å²) in [5, 5.41) is 4.60. The first kappa shape index (κ1) is 26.7. The lowest BCUT2D eigenvalue weighted by Crippen LogP contribution is -2.45. The third kappa shape index (κ3) is 5.18. The van der Waals surface area contributed by atoms with Gasteiger partial charge >= 0.3 is 0 Å². The van der Waals surface area contributed by atoms with Crippen LogP contribution in [0.4, 0.5) is 8.78 Å². The maximum absolute atomic E-state index is 15.2. The van der Waals surface area contributed by atoms with E-state index in [1.54, 1.807) is 36.2 Å². The Balaban J connectivity index is 1.29. The number of nitrogens with two attached hydrogens (primary N) is 1. The average Bonchev–Trinajstić information content (AvgIpc) is 3.58. The highest BCUT2D eigenvalue weighted by atomic mass is 19.1. The van der Waals surface area contributed by atoms with E-state index in [2.05, 4.69) is 22.0 Å². The molecule has 4 aromatic rings. The molecule has 1 aliphatic carbocycles. The van der Waals surface area contributed by atoms with Crippen molar-refractivity contribution in [3.63, 3.8) is 0 Å². The van der Waals surface area contributed by atoms with Crippen molar-refractivity contribution in [1.29, 1.82) is 0 Å². The number of rotatable bonds is 7. The quantitative estimate of drug-likeness (QED) is 0.357. The van der Waals surface area contributed by atoms with Crippen molar-refractivity contribution in [3.8, 4) is 17.0 Å². The molecule has 1 aromatic carbocycles. The standard InChI is InChI=1S/C30H33F2N5O3/c1-17-9-18(10-26(33)30(17)38-2)23-5-7-34-14-19(23)11-28-35-15-20-3-4-27(36-37(20)28)29-24(31)12-22(13-25(29)32)40-21-6-8-39-16-21/h3-5,7,12-15,17-18,21,26,30H,6,8-11,16,33H2,1-2H3/t17-,18+,21?,26+,30+/m0/s1. The first-order valence-corrected chi connectivity index (χ1v) is 13.7. The minimum atomic E-state index is -0.742. The molecule has 2 fully saturated rings. The van der Waals surface area contributed by atoms with Crippen LogP contribution in [0.5, 0.6) is 5.75 Å². The zero-order valence-electron chi connectivity index (χ0n) is 22.6. The van der Waals surface area contributed by atoms with E-state index in [4.69, 9.17) is 19.9 Å². The minimum Gasteiger partial charge on any atom is -0.488 e. The molecule has 3 aromatic heterocycles. The van der Waals surface area contributed by atoms with E-state index < -0.39 is 11.6 Å². The van der Waals surface area contributed by atoms with Gasteiger partial charge in [-0.15, -0.1) is 0 Å². The van der Waals surface area contributed by atoms with E-state index in [0.29, 0.717) is 37.8 Å². The maximum atomic E-state index is 15.2. The van der Waals surface area contributed by atoms with Gasteiger partial charge in [-0.05, 0) is 54.0 Å². The monoisotopic (exact) mass is 549 g/mol. The van der Waals surface area contributed by atoms with Gasteiger partial charge in [-0.2, -0.15) is 5.10 Å². The molecule has 0 radical (unpaired) electrons. The fourth-order valence-electron chi connectivity index (χ4n) is 6.23.